The van der Waals surface area contributed by atoms with E-state index < -0.39 is 7.40 Å². The zero-order valence-electron chi connectivity index (χ0n) is 29.6. The summed E-state index contributed by atoms with van der Waals surface area (Å²) in [4.78, 5) is 7.71. The highest BCUT2D eigenvalue weighted by molar-refractivity contribution is 14.1. The Hall–Kier alpha value is -3.14. The van der Waals surface area contributed by atoms with Gasteiger partial charge >= 0.3 is 7.40 Å². The lowest BCUT2D eigenvalue weighted by molar-refractivity contribution is 0.293. The van der Waals surface area contributed by atoms with Crippen LogP contribution in [0.5, 0.6) is 5.75 Å². The number of rotatable bonds is 9. The molecule has 0 atom stereocenters. The second-order valence-electron chi connectivity index (χ2n) is 14.9. The highest BCUT2D eigenvalue weighted by Crippen LogP contribution is 2.54. The van der Waals surface area contributed by atoms with Gasteiger partial charge in [0.1, 0.15) is 5.75 Å². The Bertz CT molecular complexity index is 1860. The molecule has 2 aromatic carbocycles. The molecule has 0 N–H and O–H groups in total. The summed E-state index contributed by atoms with van der Waals surface area (Å²) < 4.78 is 38.0. The molecule has 0 radical (unpaired) electrons. The highest BCUT2D eigenvalue weighted by atomic mass is 127. The van der Waals surface area contributed by atoms with Crippen molar-refractivity contribution in [3.8, 4) is 5.75 Å². The van der Waals surface area contributed by atoms with E-state index in [-0.39, 0.29) is 10.8 Å². The Labute approximate surface area is 299 Å². The van der Waals surface area contributed by atoms with Crippen molar-refractivity contribution in [1.29, 1.82) is 0 Å². The fraction of sp³-hybridized carbons (Fsp3) is 0.425. The summed E-state index contributed by atoms with van der Waals surface area (Å²) in [6, 6.07) is 12.2. The van der Waals surface area contributed by atoms with E-state index in [4.69, 9.17) is 9.73 Å². The molecule has 4 nitrogen and oxygen atoms in total. The number of aliphatic imine (C=N–C) groups is 1. The summed E-state index contributed by atoms with van der Waals surface area (Å²) >= 11 is 2.27. The Morgan fingerprint density at radius 3 is 2.35 bits per heavy atom. The third kappa shape index (κ3) is 6.34. The van der Waals surface area contributed by atoms with Gasteiger partial charge in [0.25, 0.3) is 0 Å². The molecular formula is C40H47BF2IN3O. The van der Waals surface area contributed by atoms with E-state index >= 15 is 0 Å². The van der Waals surface area contributed by atoms with Crippen molar-refractivity contribution >= 4 is 53.0 Å². The normalized spacial score (nSPS) is 18.9. The van der Waals surface area contributed by atoms with Crippen LogP contribution < -0.4 is 9.64 Å². The number of anilines is 1. The summed E-state index contributed by atoms with van der Waals surface area (Å²) in [6.07, 6.45) is 10.6. The molecule has 0 unspecified atom stereocenters. The Balaban J connectivity index is 1.52. The summed E-state index contributed by atoms with van der Waals surface area (Å²) in [7, 11) is -2.66. The summed E-state index contributed by atoms with van der Waals surface area (Å²) in [5, 5.41) is 0. The van der Waals surface area contributed by atoms with E-state index in [9.17, 15) is 8.63 Å². The molecule has 6 rings (SSSR count). The van der Waals surface area contributed by atoms with Crippen LogP contribution in [0.4, 0.5) is 14.3 Å². The van der Waals surface area contributed by atoms with Crippen molar-refractivity contribution in [2.45, 2.75) is 91.9 Å². The van der Waals surface area contributed by atoms with Gasteiger partial charge in [-0.1, -0.05) is 53.2 Å². The number of benzene rings is 2. The van der Waals surface area contributed by atoms with E-state index in [1.165, 1.54) is 16.8 Å². The SMILES string of the molecule is CCCCOc1c(/C=C/C2=NC(=C(/c3ccc(I)cc3)c3c(C)cc(C)n3B(F)F)/C(C)=C2)cc2c3c1C(C)(C)CCN3CCC2(C)C. The lowest BCUT2D eigenvalue weighted by atomic mass is 9.68. The standard InChI is InChI=1S/C40H47BF2IN3O/c1-9-10-21-48-38-29(24-32-37-34(38)40(7,8)18-20-46(37)19-17-39(32,5)6)13-16-31-23-25(2)35(45-31)33(28-11-14-30(44)15-12-28)36-26(3)22-27(4)47(36)41(42)43/h11-16,22-24H,9-10,17-21H2,1-8H3/b16-13+,35-33-. The van der Waals surface area contributed by atoms with E-state index in [0.29, 0.717) is 18.0 Å². The van der Waals surface area contributed by atoms with Crippen molar-refractivity contribution in [1.82, 2.24) is 4.48 Å². The van der Waals surface area contributed by atoms with Crippen molar-refractivity contribution in [2.75, 3.05) is 24.6 Å². The Morgan fingerprint density at radius 2 is 1.69 bits per heavy atom. The molecular weight excluding hydrogens is 714 g/mol. The molecule has 1 aromatic heterocycles. The smallest absolute Gasteiger partial charge is 0.493 e. The molecule has 8 heteroatoms. The summed E-state index contributed by atoms with van der Waals surface area (Å²) in [5.74, 6) is 0.987. The minimum Gasteiger partial charge on any atom is -0.493 e. The Morgan fingerprint density at radius 1 is 1.00 bits per heavy atom. The molecule has 0 spiro atoms. The van der Waals surface area contributed by atoms with Crippen LogP contribution >= 0.6 is 22.6 Å². The van der Waals surface area contributed by atoms with Crippen molar-refractivity contribution < 1.29 is 13.4 Å². The van der Waals surface area contributed by atoms with Gasteiger partial charge in [0.05, 0.1) is 18.0 Å². The minimum atomic E-state index is -2.66. The molecule has 48 heavy (non-hydrogen) atoms. The number of halogens is 3. The first-order chi connectivity index (χ1) is 22.7. The third-order valence-electron chi connectivity index (χ3n) is 10.4. The van der Waals surface area contributed by atoms with E-state index in [1.54, 1.807) is 6.92 Å². The highest BCUT2D eigenvalue weighted by Gasteiger charge is 2.42. The monoisotopic (exact) mass is 761 g/mol. The van der Waals surface area contributed by atoms with Gasteiger partial charge < -0.3 is 14.1 Å². The van der Waals surface area contributed by atoms with E-state index in [2.05, 4.69) is 86.4 Å². The Kier molecular flexibility index (Phi) is 9.61. The molecule has 0 bridgehead atoms. The number of nitrogens with zero attached hydrogens (tertiary/aromatic N) is 3. The maximum atomic E-state index is 14.5. The van der Waals surface area contributed by atoms with E-state index in [0.717, 1.165) is 91.8 Å². The fourth-order valence-corrected chi connectivity index (χ4v) is 7.97. The predicted octanol–water partition coefficient (Wildman–Crippen LogP) is 10.7. The maximum absolute atomic E-state index is 14.5. The van der Waals surface area contributed by atoms with Crippen molar-refractivity contribution in [3.05, 3.63) is 103 Å². The van der Waals surface area contributed by atoms with Crippen LogP contribution in [0.25, 0.3) is 11.6 Å². The number of hydrogen-bond acceptors (Lipinski definition) is 3. The van der Waals surface area contributed by atoms with Crippen LogP contribution in [-0.2, 0) is 10.8 Å². The first kappa shape index (κ1) is 34.7. The molecule has 0 amide bonds. The number of aryl methyl sites for hydroxylation is 2. The second kappa shape index (κ2) is 13.3. The lowest BCUT2D eigenvalue weighted by Gasteiger charge is -2.49. The van der Waals surface area contributed by atoms with Crippen LogP contribution in [-0.4, -0.2) is 37.3 Å². The van der Waals surface area contributed by atoms with Gasteiger partial charge in [-0.3, -0.25) is 8.63 Å². The number of aromatic nitrogens is 1. The minimum absolute atomic E-state index is 0.0192. The first-order valence-corrected chi connectivity index (χ1v) is 18.3. The summed E-state index contributed by atoms with van der Waals surface area (Å²) in [6.45, 7) is 20.1. The fourth-order valence-electron chi connectivity index (χ4n) is 7.61. The van der Waals surface area contributed by atoms with Gasteiger partial charge in [0.15, 0.2) is 0 Å². The number of allylic oxidation sites excluding steroid dienone is 3. The topological polar surface area (TPSA) is 29.8 Å². The number of unbranched alkanes of at least 4 members (excludes halogenated alkanes) is 1. The van der Waals surface area contributed by atoms with Crippen LogP contribution in [0.2, 0.25) is 0 Å². The molecule has 0 fully saturated rings. The maximum Gasteiger partial charge on any atom is 0.677 e. The third-order valence-corrected chi connectivity index (χ3v) is 11.1. The molecule has 3 aliphatic rings. The largest absolute Gasteiger partial charge is 0.677 e. The van der Waals surface area contributed by atoms with Crippen molar-refractivity contribution in [3.63, 3.8) is 0 Å². The van der Waals surface area contributed by atoms with Crippen LogP contribution in [0, 0.1) is 17.4 Å². The van der Waals surface area contributed by atoms with Gasteiger partial charge in [-0.05, 0) is 138 Å². The van der Waals surface area contributed by atoms with Gasteiger partial charge in [-0.2, -0.15) is 0 Å². The van der Waals surface area contributed by atoms with Gasteiger partial charge in [0, 0.05) is 50.4 Å². The van der Waals surface area contributed by atoms with E-state index in [1.807, 2.05) is 44.2 Å². The number of ether oxygens (including phenoxy) is 1. The quantitative estimate of drug-likeness (QED) is 0.123. The van der Waals surface area contributed by atoms with Crippen LogP contribution in [0.15, 0.2) is 64.8 Å². The average Bonchev–Trinajstić information content (AvgIpc) is 3.53. The molecule has 0 saturated heterocycles. The van der Waals surface area contributed by atoms with Crippen LogP contribution in [0.1, 0.15) is 106 Å². The molecule has 3 aliphatic heterocycles. The van der Waals surface area contributed by atoms with Crippen LogP contribution in [0.3, 0.4) is 0 Å². The lowest BCUT2D eigenvalue weighted by Crippen LogP contribution is -2.45. The molecule has 3 aromatic rings. The van der Waals surface area contributed by atoms with Crippen molar-refractivity contribution in [2.24, 2.45) is 4.99 Å². The summed E-state index contributed by atoms with van der Waals surface area (Å²) in [5.41, 5.74) is 11.1. The van der Waals surface area contributed by atoms with Gasteiger partial charge in [-0.25, -0.2) is 4.99 Å². The first-order valence-electron chi connectivity index (χ1n) is 17.3. The zero-order chi connectivity index (χ0) is 34.5. The predicted molar refractivity (Wildman–Crippen MR) is 207 cm³/mol. The molecule has 252 valence electrons. The number of hydrogen-bond donors (Lipinski definition) is 0. The molecule has 0 saturated carbocycles. The zero-order valence-corrected chi connectivity index (χ0v) is 31.8. The van der Waals surface area contributed by atoms with Gasteiger partial charge in [0.2, 0.25) is 0 Å². The second-order valence-corrected chi connectivity index (χ2v) is 16.2. The molecule has 4 heterocycles. The molecule has 0 aliphatic carbocycles. The average molecular weight is 762 g/mol. The van der Waals surface area contributed by atoms with Gasteiger partial charge in [-0.15, -0.1) is 0 Å².